The molecule has 8 heteroatoms. The molecule has 0 radical (unpaired) electrons. The Morgan fingerprint density at radius 3 is 2.59 bits per heavy atom. The topological polar surface area (TPSA) is 99.2 Å². The maximum absolute atomic E-state index is 12.4. The van der Waals surface area contributed by atoms with Gasteiger partial charge in [-0.2, -0.15) is 0 Å². The minimum Gasteiger partial charge on any atom is -0.484 e. The van der Waals surface area contributed by atoms with Gasteiger partial charge in [0.05, 0.1) is 5.92 Å². The monoisotopic (exact) mass is 375 g/mol. The largest absolute Gasteiger partial charge is 0.484 e. The maximum atomic E-state index is 12.4. The smallest absolute Gasteiger partial charge is 0.321 e. The van der Waals surface area contributed by atoms with E-state index in [0.717, 1.165) is 25.9 Å². The fraction of sp³-hybridized carbons (Fsp3) is 0.526. The first-order valence-corrected chi connectivity index (χ1v) is 9.32. The van der Waals surface area contributed by atoms with E-state index in [9.17, 15) is 14.4 Å². The summed E-state index contributed by atoms with van der Waals surface area (Å²) in [5.41, 5.74) is 0.545. The van der Waals surface area contributed by atoms with E-state index >= 15 is 0 Å². The fourth-order valence-electron chi connectivity index (χ4n) is 3.43. The lowest BCUT2D eigenvalue weighted by molar-refractivity contribution is -0.143. The van der Waals surface area contributed by atoms with Crippen LogP contribution >= 0.6 is 0 Å². The first kappa shape index (κ1) is 19.0. The number of carboxylic acid groups (broad SMARTS) is 1. The molecule has 0 spiro atoms. The second kappa shape index (κ2) is 8.75. The van der Waals surface area contributed by atoms with Crippen molar-refractivity contribution in [1.29, 1.82) is 0 Å². The Morgan fingerprint density at radius 2 is 1.85 bits per heavy atom. The van der Waals surface area contributed by atoms with E-state index in [4.69, 9.17) is 9.84 Å². The summed E-state index contributed by atoms with van der Waals surface area (Å²) in [6.07, 6.45) is 3.33. The first-order valence-electron chi connectivity index (χ1n) is 9.32. The average molecular weight is 375 g/mol. The molecule has 1 atom stereocenters. The number of ether oxygens (including phenoxy) is 1. The number of carbonyl (C=O) groups is 3. The van der Waals surface area contributed by atoms with E-state index < -0.39 is 11.9 Å². The minimum atomic E-state index is -0.870. The second-order valence-electron chi connectivity index (χ2n) is 6.96. The van der Waals surface area contributed by atoms with E-state index in [1.54, 1.807) is 29.2 Å². The second-order valence-corrected chi connectivity index (χ2v) is 6.96. The Balaban J connectivity index is 1.53. The number of hydrogen-bond donors (Lipinski definition) is 2. The number of carbonyl (C=O) groups excluding carboxylic acids is 2. The van der Waals surface area contributed by atoms with Crippen molar-refractivity contribution in [3.8, 4) is 5.75 Å². The molecule has 0 aromatic heterocycles. The summed E-state index contributed by atoms with van der Waals surface area (Å²) < 4.78 is 5.56. The molecule has 0 saturated carbocycles. The van der Waals surface area contributed by atoms with Crippen LogP contribution in [0.3, 0.4) is 0 Å². The highest BCUT2D eigenvalue weighted by molar-refractivity contribution is 5.90. The third kappa shape index (κ3) is 5.12. The molecule has 0 bridgehead atoms. The zero-order valence-corrected chi connectivity index (χ0v) is 15.2. The molecule has 3 amide bonds. The minimum absolute atomic E-state index is 0.0240. The van der Waals surface area contributed by atoms with Crippen LogP contribution in [-0.2, 0) is 9.59 Å². The van der Waals surface area contributed by atoms with Crippen molar-refractivity contribution < 1.29 is 24.2 Å². The number of urea groups is 1. The highest BCUT2D eigenvalue weighted by Crippen LogP contribution is 2.21. The van der Waals surface area contributed by atoms with Gasteiger partial charge in [0.15, 0.2) is 6.61 Å². The van der Waals surface area contributed by atoms with Crippen LogP contribution in [0.4, 0.5) is 10.5 Å². The molecule has 1 unspecified atom stereocenters. The van der Waals surface area contributed by atoms with Crippen LogP contribution in [0.1, 0.15) is 25.7 Å². The molecule has 0 aliphatic carbocycles. The number of hydrogen-bond acceptors (Lipinski definition) is 4. The molecule has 2 aliphatic rings. The van der Waals surface area contributed by atoms with Gasteiger partial charge in [-0.1, -0.05) is 6.07 Å². The number of nitrogens with one attached hydrogen (secondary N) is 1. The fourth-order valence-corrected chi connectivity index (χ4v) is 3.43. The molecule has 1 aromatic rings. The van der Waals surface area contributed by atoms with Crippen molar-refractivity contribution in [1.82, 2.24) is 9.80 Å². The van der Waals surface area contributed by atoms with Crippen LogP contribution in [0.25, 0.3) is 0 Å². The zero-order chi connectivity index (χ0) is 19.2. The summed E-state index contributed by atoms with van der Waals surface area (Å²) in [7, 11) is 0. The summed E-state index contributed by atoms with van der Waals surface area (Å²) in [6, 6.07) is 6.53. The summed E-state index contributed by atoms with van der Waals surface area (Å²) >= 11 is 0. The van der Waals surface area contributed by atoms with Crippen LogP contribution in [0.5, 0.6) is 5.75 Å². The van der Waals surface area contributed by atoms with E-state index in [0.29, 0.717) is 30.8 Å². The summed E-state index contributed by atoms with van der Waals surface area (Å²) in [5.74, 6) is -0.918. The Morgan fingerprint density at radius 1 is 1.11 bits per heavy atom. The molecular formula is C19H25N3O5. The number of benzene rings is 1. The van der Waals surface area contributed by atoms with Crippen LogP contribution in [0, 0.1) is 5.92 Å². The number of carboxylic acids is 1. The number of amides is 3. The zero-order valence-electron chi connectivity index (χ0n) is 15.2. The number of piperidine rings is 1. The van der Waals surface area contributed by atoms with Gasteiger partial charge >= 0.3 is 12.0 Å². The van der Waals surface area contributed by atoms with Gasteiger partial charge in [-0.15, -0.1) is 0 Å². The van der Waals surface area contributed by atoms with Gasteiger partial charge in [0.1, 0.15) is 5.75 Å². The van der Waals surface area contributed by atoms with E-state index in [2.05, 4.69) is 5.32 Å². The van der Waals surface area contributed by atoms with Crippen molar-refractivity contribution in [2.24, 2.45) is 5.92 Å². The third-order valence-electron chi connectivity index (χ3n) is 4.96. The van der Waals surface area contributed by atoms with Crippen LogP contribution in [0.2, 0.25) is 0 Å². The molecule has 3 rings (SSSR count). The van der Waals surface area contributed by atoms with Crippen LogP contribution < -0.4 is 10.1 Å². The Bertz CT molecular complexity index is 702. The summed E-state index contributed by atoms with van der Waals surface area (Å²) in [6.45, 7) is 2.29. The van der Waals surface area contributed by atoms with Crippen molar-refractivity contribution in [2.75, 3.05) is 38.1 Å². The average Bonchev–Trinajstić information content (AvgIpc) is 3.21. The molecule has 2 aliphatic heterocycles. The van der Waals surface area contributed by atoms with Crippen molar-refractivity contribution in [3.63, 3.8) is 0 Å². The van der Waals surface area contributed by atoms with Crippen molar-refractivity contribution in [3.05, 3.63) is 24.3 Å². The Hall–Kier alpha value is -2.77. The molecule has 146 valence electrons. The molecule has 8 nitrogen and oxygen atoms in total. The van der Waals surface area contributed by atoms with Gasteiger partial charge in [-0.05, 0) is 37.8 Å². The maximum Gasteiger partial charge on any atom is 0.321 e. The Kier molecular flexibility index (Phi) is 6.16. The number of anilines is 1. The molecule has 2 fully saturated rings. The summed E-state index contributed by atoms with van der Waals surface area (Å²) in [4.78, 5) is 38.9. The van der Waals surface area contributed by atoms with Gasteiger partial charge in [-0.3, -0.25) is 9.59 Å². The van der Waals surface area contributed by atoms with Crippen LogP contribution in [0.15, 0.2) is 24.3 Å². The molecule has 1 aromatic carbocycles. The van der Waals surface area contributed by atoms with Crippen molar-refractivity contribution in [2.45, 2.75) is 25.7 Å². The van der Waals surface area contributed by atoms with Gasteiger partial charge in [0.2, 0.25) is 0 Å². The van der Waals surface area contributed by atoms with Gasteiger partial charge in [0, 0.05) is 37.9 Å². The normalized spacial score (nSPS) is 19.6. The lowest BCUT2D eigenvalue weighted by atomic mass is 9.99. The molecular weight excluding hydrogens is 350 g/mol. The molecule has 2 heterocycles. The van der Waals surface area contributed by atoms with Gasteiger partial charge < -0.3 is 25.0 Å². The number of likely N-dealkylation sites (tertiary alicyclic amines) is 2. The Labute approximate surface area is 158 Å². The summed E-state index contributed by atoms with van der Waals surface area (Å²) in [5, 5.41) is 11.9. The standard InChI is InChI=1S/C19H25N3O5/c23-17(21-8-1-2-9-21)13-27-16-7-3-6-15(11-16)20-19(26)22-10-4-5-14(12-22)18(24)25/h3,6-7,11,14H,1-2,4-5,8-10,12-13H2,(H,20,26)(H,24,25). The first-order chi connectivity index (χ1) is 13.0. The molecule has 27 heavy (non-hydrogen) atoms. The van der Waals surface area contributed by atoms with Crippen LogP contribution in [-0.4, -0.2) is 65.6 Å². The lowest BCUT2D eigenvalue weighted by Gasteiger charge is -2.30. The predicted octanol–water partition coefficient (Wildman–Crippen LogP) is 2.02. The van der Waals surface area contributed by atoms with E-state index in [1.807, 2.05) is 0 Å². The number of nitrogens with zero attached hydrogens (tertiary/aromatic N) is 2. The van der Waals surface area contributed by atoms with E-state index in [-0.39, 0.29) is 25.1 Å². The SMILES string of the molecule is O=C(O)C1CCCN(C(=O)Nc2cccc(OCC(=O)N3CCCC3)c2)C1. The third-order valence-corrected chi connectivity index (χ3v) is 4.96. The van der Waals surface area contributed by atoms with Crippen molar-refractivity contribution >= 4 is 23.6 Å². The molecule has 2 N–H and O–H groups in total. The number of rotatable bonds is 5. The highest BCUT2D eigenvalue weighted by Gasteiger charge is 2.28. The van der Waals surface area contributed by atoms with Gasteiger partial charge in [-0.25, -0.2) is 4.79 Å². The van der Waals surface area contributed by atoms with E-state index in [1.165, 1.54) is 4.90 Å². The lowest BCUT2D eigenvalue weighted by Crippen LogP contribution is -2.44. The number of aliphatic carboxylic acids is 1. The quantitative estimate of drug-likeness (QED) is 0.820. The predicted molar refractivity (Wildman–Crippen MR) is 98.7 cm³/mol. The highest BCUT2D eigenvalue weighted by atomic mass is 16.5. The van der Waals surface area contributed by atoms with Gasteiger partial charge in [0.25, 0.3) is 5.91 Å². The molecule has 2 saturated heterocycles.